The Hall–Kier alpha value is -3.02. The van der Waals surface area contributed by atoms with Crippen LogP contribution in [0.15, 0.2) is 54.0 Å². The standard InChI is InChI=1S/C13H18N2.C12H16FNO2/c1-5-7-11(8-6-2)13-9-12(10(3)4)14-15-13;1-3-4-10(8(2)15)5-9-6-11(13)12(16)14-7-9/h5-10H,1H2,2-4H3,(H,14,15);6-7,10H,3-5H2,1-2H3,(H,14,16)/b8-6-,11-7+;. The number of ketones is 1. The average Bonchev–Trinajstić information content (AvgIpc) is 3.21. The molecule has 0 bridgehead atoms. The van der Waals surface area contributed by atoms with Gasteiger partial charge in [0.1, 0.15) is 5.78 Å². The average molecular weight is 428 g/mol. The molecule has 2 aromatic heterocycles. The van der Waals surface area contributed by atoms with Gasteiger partial charge in [0.2, 0.25) is 0 Å². The maximum absolute atomic E-state index is 13.0. The van der Waals surface area contributed by atoms with Gasteiger partial charge in [0.25, 0.3) is 5.56 Å². The van der Waals surface area contributed by atoms with Crippen molar-refractivity contribution in [2.45, 2.75) is 59.8 Å². The fourth-order valence-electron chi connectivity index (χ4n) is 3.01. The number of nitrogens with zero attached hydrogens (tertiary/aromatic N) is 1. The van der Waals surface area contributed by atoms with Crippen molar-refractivity contribution in [1.82, 2.24) is 15.2 Å². The molecule has 0 fully saturated rings. The summed E-state index contributed by atoms with van der Waals surface area (Å²) in [6, 6.07) is 3.28. The van der Waals surface area contributed by atoms with Crippen LogP contribution < -0.4 is 5.56 Å². The number of allylic oxidation sites excluding steroid dienone is 5. The van der Waals surface area contributed by atoms with Gasteiger partial charge in [-0.2, -0.15) is 5.10 Å². The van der Waals surface area contributed by atoms with Crippen LogP contribution in [0.2, 0.25) is 0 Å². The van der Waals surface area contributed by atoms with Gasteiger partial charge < -0.3 is 4.98 Å². The van der Waals surface area contributed by atoms with Gasteiger partial charge in [0.15, 0.2) is 5.82 Å². The van der Waals surface area contributed by atoms with E-state index >= 15 is 0 Å². The van der Waals surface area contributed by atoms with Gasteiger partial charge in [-0.25, -0.2) is 4.39 Å². The molecule has 0 aliphatic rings. The Morgan fingerprint density at radius 1 is 1.32 bits per heavy atom. The van der Waals surface area contributed by atoms with Crippen LogP contribution in [0, 0.1) is 11.7 Å². The number of pyridine rings is 1. The number of nitrogens with one attached hydrogen (secondary N) is 2. The predicted molar refractivity (Wildman–Crippen MR) is 125 cm³/mol. The minimum Gasteiger partial charge on any atom is -0.326 e. The number of Topliss-reactive ketones (excluding diaryl/α,β-unsaturated/α-hetero) is 1. The minimum absolute atomic E-state index is 0.0877. The summed E-state index contributed by atoms with van der Waals surface area (Å²) in [5.74, 6) is -0.304. The highest BCUT2D eigenvalue weighted by Crippen LogP contribution is 2.19. The normalized spacial score (nSPS) is 12.5. The van der Waals surface area contributed by atoms with E-state index in [1.54, 1.807) is 13.0 Å². The van der Waals surface area contributed by atoms with Crippen LogP contribution in [0.5, 0.6) is 0 Å². The van der Waals surface area contributed by atoms with Crippen molar-refractivity contribution >= 4 is 11.4 Å². The minimum atomic E-state index is -0.795. The topological polar surface area (TPSA) is 78.6 Å². The third-order valence-corrected chi connectivity index (χ3v) is 4.77. The van der Waals surface area contributed by atoms with Crippen LogP contribution in [0.3, 0.4) is 0 Å². The Morgan fingerprint density at radius 3 is 2.52 bits per heavy atom. The Kier molecular flexibility index (Phi) is 11.2. The van der Waals surface area contributed by atoms with Gasteiger partial charge in [-0.3, -0.25) is 14.7 Å². The summed E-state index contributed by atoms with van der Waals surface area (Å²) >= 11 is 0. The van der Waals surface area contributed by atoms with Crippen LogP contribution in [0.25, 0.3) is 5.57 Å². The summed E-state index contributed by atoms with van der Waals surface area (Å²) in [5, 5.41) is 7.33. The van der Waals surface area contributed by atoms with Crippen molar-refractivity contribution < 1.29 is 9.18 Å². The van der Waals surface area contributed by atoms with Crippen LogP contribution in [-0.4, -0.2) is 21.0 Å². The highest BCUT2D eigenvalue weighted by Gasteiger charge is 2.14. The largest absolute Gasteiger partial charge is 0.326 e. The number of carbonyl (C=O) groups is 1. The van der Waals surface area contributed by atoms with E-state index in [0.29, 0.717) is 17.9 Å². The molecule has 31 heavy (non-hydrogen) atoms. The van der Waals surface area contributed by atoms with Gasteiger partial charge in [0, 0.05) is 23.4 Å². The fourth-order valence-corrected chi connectivity index (χ4v) is 3.01. The first kappa shape index (κ1) is 26.0. The van der Waals surface area contributed by atoms with E-state index in [-0.39, 0.29) is 11.7 Å². The summed E-state index contributed by atoms with van der Waals surface area (Å²) < 4.78 is 13.0. The van der Waals surface area contributed by atoms with Crippen molar-refractivity contribution in [2.24, 2.45) is 5.92 Å². The molecule has 0 aromatic carbocycles. The van der Waals surface area contributed by atoms with E-state index < -0.39 is 11.4 Å². The summed E-state index contributed by atoms with van der Waals surface area (Å²) in [7, 11) is 0. The molecule has 1 unspecified atom stereocenters. The zero-order valence-electron chi connectivity index (χ0n) is 19.2. The molecule has 0 aliphatic carbocycles. The van der Waals surface area contributed by atoms with Crippen molar-refractivity contribution in [2.75, 3.05) is 0 Å². The monoisotopic (exact) mass is 427 g/mol. The van der Waals surface area contributed by atoms with Gasteiger partial charge in [-0.05, 0) is 50.3 Å². The molecule has 2 heterocycles. The third kappa shape index (κ3) is 8.70. The SMILES string of the molecule is C=C/C=C(\C=C/C)c1cc(C(C)C)[nH]n1.CCCC(Cc1c[nH]c(=O)c(F)c1)C(C)=O. The van der Waals surface area contributed by atoms with Crippen LogP contribution in [0.4, 0.5) is 4.39 Å². The zero-order chi connectivity index (χ0) is 23.4. The zero-order valence-corrected chi connectivity index (χ0v) is 19.2. The van der Waals surface area contributed by atoms with Gasteiger partial charge in [-0.15, -0.1) is 0 Å². The van der Waals surface area contributed by atoms with Crippen LogP contribution in [-0.2, 0) is 11.2 Å². The number of hydrogen-bond donors (Lipinski definition) is 2. The first-order chi connectivity index (χ1) is 14.7. The second-order valence-corrected chi connectivity index (χ2v) is 7.71. The molecule has 2 aromatic rings. The van der Waals surface area contributed by atoms with Crippen molar-refractivity contribution in [3.63, 3.8) is 0 Å². The summed E-state index contributed by atoms with van der Waals surface area (Å²) in [6.45, 7) is 13.5. The lowest BCUT2D eigenvalue weighted by atomic mass is 9.92. The molecule has 2 N–H and O–H groups in total. The first-order valence-electron chi connectivity index (χ1n) is 10.6. The van der Waals surface area contributed by atoms with E-state index in [1.807, 2.05) is 32.1 Å². The van der Waals surface area contributed by atoms with E-state index in [0.717, 1.165) is 29.8 Å². The van der Waals surface area contributed by atoms with Crippen molar-refractivity contribution in [1.29, 1.82) is 0 Å². The smallest absolute Gasteiger partial charge is 0.283 e. The summed E-state index contributed by atoms with van der Waals surface area (Å²) in [4.78, 5) is 24.5. The van der Waals surface area contributed by atoms with E-state index in [2.05, 4.69) is 41.7 Å². The number of carbonyl (C=O) groups excluding carboxylic acids is 1. The third-order valence-electron chi connectivity index (χ3n) is 4.77. The van der Waals surface area contributed by atoms with Crippen molar-refractivity contribution in [3.8, 4) is 0 Å². The van der Waals surface area contributed by atoms with Crippen LogP contribution >= 0.6 is 0 Å². The molecular formula is C25H34FN3O2. The number of aromatic nitrogens is 3. The number of rotatable bonds is 9. The second kappa shape index (κ2) is 13.3. The molecule has 5 nitrogen and oxygen atoms in total. The molecule has 0 aliphatic heterocycles. The Bertz CT molecular complexity index is 967. The number of hydrogen-bond acceptors (Lipinski definition) is 3. The molecule has 0 spiro atoms. The fraction of sp³-hybridized carbons (Fsp3) is 0.400. The van der Waals surface area contributed by atoms with Gasteiger partial charge >= 0.3 is 0 Å². The maximum Gasteiger partial charge on any atom is 0.283 e. The quantitative estimate of drug-likeness (QED) is 0.501. The van der Waals surface area contributed by atoms with Crippen molar-refractivity contribution in [3.05, 3.63) is 82.3 Å². The molecule has 0 saturated heterocycles. The molecule has 0 saturated carbocycles. The predicted octanol–water partition coefficient (Wildman–Crippen LogP) is 5.74. The Labute approximate surface area is 184 Å². The number of halogens is 1. The van der Waals surface area contributed by atoms with E-state index in [9.17, 15) is 14.0 Å². The maximum atomic E-state index is 13.0. The summed E-state index contributed by atoms with van der Waals surface area (Å²) in [6.07, 6.45) is 11.4. The first-order valence-corrected chi connectivity index (χ1v) is 10.6. The van der Waals surface area contributed by atoms with Gasteiger partial charge in [-0.1, -0.05) is 58.1 Å². The lowest BCUT2D eigenvalue weighted by molar-refractivity contribution is -0.120. The lowest BCUT2D eigenvalue weighted by Gasteiger charge is -2.12. The Balaban J connectivity index is 0.000000311. The second-order valence-electron chi connectivity index (χ2n) is 7.71. The molecule has 168 valence electrons. The molecule has 2 rings (SSSR count). The molecule has 1 atom stereocenters. The lowest BCUT2D eigenvalue weighted by Crippen LogP contribution is -2.16. The number of H-pyrrole nitrogens is 2. The summed E-state index contributed by atoms with van der Waals surface area (Å²) in [5.41, 5.74) is 3.14. The highest BCUT2D eigenvalue weighted by atomic mass is 19.1. The molecule has 0 radical (unpaired) electrons. The molecular weight excluding hydrogens is 393 g/mol. The highest BCUT2D eigenvalue weighted by molar-refractivity contribution is 5.78. The molecule has 0 amide bonds. The molecule has 6 heteroatoms. The Morgan fingerprint density at radius 2 is 2.03 bits per heavy atom. The van der Waals surface area contributed by atoms with Crippen LogP contribution in [0.1, 0.15) is 70.3 Å². The van der Waals surface area contributed by atoms with E-state index in [4.69, 9.17) is 0 Å². The number of aromatic amines is 2. The van der Waals surface area contributed by atoms with Gasteiger partial charge in [0.05, 0.1) is 5.69 Å². The van der Waals surface area contributed by atoms with E-state index in [1.165, 1.54) is 12.3 Å².